The van der Waals surface area contributed by atoms with Crippen LogP contribution in [0.2, 0.25) is 6.04 Å². The van der Waals surface area contributed by atoms with Gasteiger partial charge in [0.15, 0.2) is 0 Å². The van der Waals surface area contributed by atoms with Gasteiger partial charge in [-0.1, -0.05) is 18.2 Å². The van der Waals surface area contributed by atoms with Crippen molar-refractivity contribution in [1.29, 1.82) is 0 Å². The van der Waals surface area contributed by atoms with Gasteiger partial charge in [0, 0.05) is 11.3 Å². The van der Waals surface area contributed by atoms with Crippen molar-refractivity contribution in [3.63, 3.8) is 0 Å². The Hall–Kier alpha value is -1.16. The van der Waals surface area contributed by atoms with Crippen LogP contribution in [-0.4, -0.2) is 14.4 Å². The molecule has 2 rings (SSSR count). The number of aryl methyl sites for hydroxylation is 1. The topological polar surface area (TPSA) is 43.1 Å². The first-order valence-electron chi connectivity index (χ1n) is 3.79. The predicted octanol–water partition coefficient (Wildman–Crippen LogP) is 0.899. The smallest absolute Gasteiger partial charge is 0.258 e. The molecule has 0 spiro atoms. The second kappa shape index (κ2) is 2.71. The molecule has 4 heteroatoms. The fourth-order valence-corrected chi connectivity index (χ4v) is 2.91. The van der Waals surface area contributed by atoms with Crippen LogP contribution in [0.25, 0.3) is 0 Å². The summed E-state index contributed by atoms with van der Waals surface area (Å²) in [4.78, 5) is 10.3. The van der Waals surface area contributed by atoms with Crippen molar-refractivity contribution in [2.24, 2.45) is 0 Å². The Bertz CT molecular complexity index is 338. The van der Waals surface area contributed by atoms with Crippen molar-refractivity contribution in [1.82, 2.24) is 0 Å². The van der Waals surface area contributed by atoms with E-state index in [2.05, 4.69) is 0 Å². The van der Waals surface area contributed by atoms with Gasteiger partial charge in [0.2, 0.25) is 0 Å². The normalized spacial score (nSPS) is 14.3. The molecule has 1 heterocycles. The maximum Gasteiger partial charge on any atom is 0.268 e. The zero-order chi connectivity index (χ0) is 8.55. The van der Waals surface area contributed by atoms with Crippen molar-refractivity contribution in [3.05, 3.63) is 33.9 Å². The molecule has 0 amide bonds. The zero-order valence-corrected chi connectivity index (χ0v) is 7.41. The fraction of sp³-hybridized carbons (Fsp3) is 0.250. The lowest BCUT2D eigenvalue weighted by atomic mass is 10.1. The highest BCUT2D eigenvalue weighted by molar-refractivity contribution is 6.57. The summed E-state index contributed by atoms with van der Waals surface area (Å²) in [6.45, 7) is 0. The minimum atomic E-state index is -0.281. The van der Waals surface area contributed by atoms with E-state index in [0.29, 0.717) is 15.2 Å². The van der Waals surface area contributed by atoms with Crippen LogP contribution in [0.3, 0.4) is 0 Å². The van der Waals surface area contributed by atoms with Gasteiger partial charge < -0.3 is 0 Å². The Morgan fingerprint density at radius 2 is 2.33 bits per heavy atom. The molecular formula is C8H7NO2Si. The zero-order valence-electron chi connectivity index (χ0n) is 6.41. The Labute approximate surface area is 72.4 Å². The van der Waals surface area contributed by atoms with Crippen molar-refractivity contribution >= 4 is 20.4 Å². The van der Waals surface area contributed by atoms with Crippen LogP contribution in [0.15, 0.2) is 18.2 Å². The molecule has 0 bridgehead atoms. The van der Waals surface area contributed by atoms with E-state index in [1.165, 1.54) is 5.56 Å². The van der Waals surface area contributed by atoms with Gasteiger partial charge in [-0.25, -0.2) is 0 Å². The first kappa shape index (κ1) is 7.48. The van der Waals surface area contributed by atoms with Gasteiger partial charge in [-0.05, 0) is 12.0 Å². The Balaban J connectivity index is 2.56. The third kappa shape index (κ3) is 1.04. The molecule has 3 nitrogen and oxygen atoms in total. The van der Waals surface area contributed by atoms with Gasteiger partial charge in [0.25, 0.3) is 5.69 Å². The second-order valence-electron chi connectivity index (χ2n) is 2.75. The van der Waals surface area contributed by atoms with E-state index in [4.69, 9.17) is 0 Å². The minimum Gasteiger partial charge on any atom is -0.258 e. The average molecular weight is 177 g/mol. The van der Waals surface area contributed by atoms with Gasteiger partial charge in [0.1, 0.15) is 0 Å². The number of hydrogen-bond acceptors (Lipinski definition) is 2. The molecule has 0 unspecified atom stereocenters. The van der Waals surface area contributed by atoms with Crippen LogP contribution < -0.4 is 5.19 Å². The highest BCUT2D eigenvalue weighted by Gasteiger charge is 2.21. The Morgan fingerprint density at radius 3 is 3.08 bits per heavy atom. The maximum absolute atomic E-state index is 10.6. The quantitative estimate of drug-likeness (QED) is 0.363. The maximum atomic E-state index is 10.6. The molecule has 1 aromatic carbocycles. The van der Waals surface area contributed by atoms with Crippen LogP contribution >= 0.6 is 0 Å². The molecule has 0 fully saturated rings. The molecule has 60 valence electrons. The summed E-state index contributed by atoms with van der Waals surface area (Å²) in [5.41, 5.74) is 1.48. The van der Waals surface area contributed by atoms with Crippen LogP contribution in [0.4, 0.5) is 5.69 Å². The second-order valence-corrected chi connectivity index (χ2v) is 4.10. The minimum absolute atomic E-state index is 0.281. The third-order valence-electron chi connectivity index (χ3n) is 2.02. The van der Waals surface area contributed by atoms with Crippen molar-refractivity contribution in [2.75, 3.05) is 0 Å². The van der Waals surface area contributed by atoms with E-state index in [1.807, 2.05) is 6.07 Å². The van der Waals surface area contributed by atoms with Gasteiger partial charge in [-0.15, -0.1) is 0 Å². The summed E-state index contributed by atoms with van der Waals surface area (Å²) < 4.78 is 0. The lowest BCUT2D eigenvalue weighted by Crippen LogP contribution is -2.15. The summed E-state index contributed by atoms with van der Waals surface area (Å²) in [6.07, 6.45) is 1.01. The SMILES string of the molecule is O=[N+]([O-])c1cccc2c1[Si]CC2. The number of benzene rings is 1. The lowest BCUT2D eigenvalue weighted by molar-refractivity contribution is -0.383. The van der Waals surface area contributed by atoms with Crippen molar-refractivity contribution in [2.45, 2.75) is 12.5 Å². The highest BCUT2D eigenvalue weighted by Crippen LogP contribution is 2.16. The molecule has 12 heavy (non-hydrogen) atoms. The van der Waals surface area contributed by atoms with Gasteiger partial charge in [-0.3, -0.25) is 10.1 Å². The average Bonchev–Trinajstić information content (AvgIpc) is 2.49. The van der Waals surface area contributed by atoms with Crippen molar-refractivity contribution in [3.8, 4) is 0 Å². The van der Waals surface area contributed by atoms with E-state index in [0.717, 1.165) is 17.7 Å². The molecule has 0 saturated heterocycles. The van der Waals surface area contributed by atoms with Crippen LogP contribution in [-0.2, 0) is 6.42 Å². The first-order chi connectivity index (χ1) is 5.79. The lowest BCUT2D eigenvalue weighted by Gasteiger charge is -1.98. The standard InChI is InChI=1S/C8H7NO2Si/c10-9(11)7-3-1-2-6-4-5-12-8(6)7/h1-3H,4-5H2. The first-order valence-corrected chi connectivity index (χ1v) is 5.00. The van der Waals surface area contributed by atoms with E-state index < -0.39 is 0 Å². The van der Waals surface area contributed by atoms with E-state index >= 15 is 0 Å². The molecule has 0 aliphatic carbocycles. The monoisotopic (exact) mass is 177 g/mol. The number of hydrogen-bond donors (Lipinski definition) is 0. The van der Waals surface area contributed by atoms with Gasteiger partial charge in [0.05, 0.1) is 14.4 Å². The summed E-state index contributed by atoms with van der Waals surface area (Å²) in [5, 5.41) is 11.5. The summed E-state index contributed by atoms with van der Waals surface area (Å²) in [5.74, 6) is 0. The van der Waals surface area contributed by atoms with Crippen molar-refractivity contribution < 1.29 is 4.92 Å². The summed E-state index contributed by atoms with van der Waals surface area (Å²) in [6, 6.07) is 6.44. The molecule has 1 aromatic rings. The Kier molecular flexibility index (Phi) is 1.69. The predicted molar refractivity (Wildman–Crippen MR) is 47.0 cm³/mol. The fourth-order valence-electron chi connectivity index (χ4n) is 1.47. The highest BCUT2D eigenvalue weighted by atomic mass is 28.2. The molecule has 1 aliphatic rings. The number of nitro benzene ring substituents is 1. The van der Waals surface area contributed by atoms with E-state index in [1.54, 1.807) is 12.1 Å². The molecule has 2 radical (unpaired) electrons. The largest absolute Gasteiger partial charge is 0.268 e. The van der Waals surface area contributed by atoms with Gasteiger partial charge in [-0.2, -0.15) is 0 Å². The molecule has 1 aliphatic heterocycles. The number of nitro groups is 1. The van der Waals surface area contributed by atoms with E-state index in [9.17, 15) is 10.1 Å². The number of fused-ring (bicyclic) bond motifs is 1. The number of nitrogens with zero attached hydrogens (tertiary/aromatic N) is 1. The van der Waals surface area contributed by atoms with Crippen LogP contribution in [0.5, 0.6) is 0 Å². The summed E-state index contributed by atoms with van der Waals surface area (Å²) >= 11 is 0. The number of rotatable bonds is 1. The molecule has 0 atom stereocenters. The third-order valence-corrected chi connectivity index (χ3v) is 3.45. The molecular weight excluding hydrogens is 170 g/mol. The molecule has 0 saturated carbocycles. The summed E-state index contributed by atoms with van der Waals surface area (Å²) in [7, 11) is 0.630. The van der Waals surface area contributed by atoms with Crippen LogP contribution in [0, 0.1) is 10.1 Å². The van der Waals surface area contributed by atoms with Gasteiger partial charge >= 0.3 is 0 Å². The molecule has 0 aromatic heterocycles. The van der Waals surface area contributed by atoms with Crippen LogP contribution in [0.1, 0.15) is 5.56 Å². The van der Waals surface area contributed by atoms with E-state index in [-0.39, 0.29) is 4.92 Å². The Morgan fingerprint density at radius 1 is 1.50 bits per heavy atom. The molecule has 0 N–H and O–H groups in total.